The lowest BCUT2D eigenvalue weighted by atomic mass is 10.1. The maximum Gasteiger partial charge on any atom is 0.326 e. The Morgan fingerprint density at radius 1 is 1.32 bits per heavy atom. The average Bonchev–Trinajstić information content (AvgIpc) is 2.92. The number of methoxy groups -OCH3 is 1. The number of carbonyl (C=O) groups excluding carboxylic acids is 2. The summed E-state index contributed by atoms with van der Waals surface area (Å²) in [4.78, 5) is 34.6. The van der Waals surface area contributed by atoms with E-state index >= 15 is 0 Å². The monoisotopic (exact) mass is 316 g/mol. The van der Waals surface area contributed by atoms with E-state index in [1.165, 1.54) is 4.90 Å². The van der Waals surface area contributed by atoms with Crippen LogP contribution in [0.15, 0.2) is 0 Å². The maximum absolute atomic E-state index is 11.7. The van der Waals surface area contributed by atoms with Crippen molar-refractivity contribution in [2.75, 3.05) is 20.3 Å². The van der Waals surface area contributed by atoms with Crippen molar-refractivity contribution >= 4 is 18.3 Å². The van der Waals surface area contributed by atoms with Crippen molar-refractivity contribution < 1.29 is 24.2 Å². The highest BCUT2D eigenvalue weighted by Gasteiger charge is 2.36. The summed E-state index contributed by atoms with van der Waals surface area (Å²) in [5, 5.41) is 11.8. The highest BCUT2D eigenvalue weighted by Crippen LogP contribution is 2.16. The van der Waals surface area contributed by atoms with Crippen LogP contribution >= 0.6 is 0 Å². The largest absolute Gasteiger partial charge is 0.480 e. The summed E-state index contributed by atoms with van der Waals surface area (Å²) >= 11 is 0. The van der Waals surface area contributed by atoms with Crippen LogP contribution in [0.25, 0.3) is 0 Å². The molecule has 2 unspecified atom stereocenters. The van der Waals surface area contributed by atoms with E-state index in [1.807, 2.05) is 13.8 Å². The molecule has 0 aromatic carbocycles. The van der Waals surface area contributed by atoms with Gasteiger partial charge in [0.25, 0.3) is 0 Å². The molecule has 0 radical (unpaired) electrons. The summed E-state index contributed by atoms with van der Waals surface area (Å²) in [6, 6.07) is -1.10. The summed E-state index contributed by atoms with van der Waals surface area (Å²) in [6.45, 7) is 4.95. The molecule has 7 nitrogen and oxygen atoms in total. The third-order valence-electron chi connectivity index (χ3n) is 3.38. The van der Waals surface area contributed by atoms with Gasteiger partial charge in [0.05, 0.1) is 0 Å². The second-order valence-corrected chi connectivity index (χ2v) is 4.96. The summed E-state index contributed by atoms with van der Waals surface area (Å²) in [5.74, 6) is -1.13. The Balaban J connectivity index is 0.00000211. The smallest absolute Gasteiger partial charge is 0.326 e. The Bertz CT molecular complexity index is 349. The molecule has 0 bridgehead atoms. The third-order valence-corrected chi connectivity index (χ3v) is 3.38. The highest BCUT2D eigenvalue weighted by atomic mass is 16.5. The molecule has 2 atom stereocenters. The quantitative estimate of drug-likeness (QED) is 0.489. The van der Waals surface area contributed by atoms with Gasteiger partial charge in [-0.3, -0.25) is 9.59 Å². The van der Waals surface area contributed by atoms with Gasteiger partial charge in [0, 0.05) is 39.1 Å². The number of carboxylic acids is 1. The average molecular weight is 316 g/mol. The van der Waals surface area contributed by atoms with E-state index in [0.29, 0.717) is 19.4 Å². The van der Waals surface area contributed by atoms with E-state index in [9.17, 15) is 14.4 Å². The molecule has 1 rings (SSSR count). The summed E-state index contributed by atoms with van der Waals surface area (Å²) in [6.07, 6.45) is 3.83. The van der Waals surface area contributed by atoms with Crippen LogP contribution in [0.1, 0.15) is 46.0 Å². The fourth-order valence-electron chi connectivity index (χ4n) is 2.33. The molecule has 0 aromatic heterocycles. The van der Waals surface area contributed by atoms with Crippen molar-refractivity contribution in [3.05, 3.63) is 0 Å². The number of hydrogen-bond acceptors (Lipinski definition) is 4. The molecule has 1 heterocycles. The molecule has 1 aliphatic heterocycles. The van der Waals surface area contributed by atoms with Gasteiger partial charge in [-0.2, -0.15) is 0 Å². The fraction of sp³-hybridized carbons (Fsp3) is 0.800. The predicted octanol–water partition coefficient (Wildman–Crippen LogP) is 1.02. The van der Waals surface area contributed by atoms with Gasteiger partial charge in [0.15, 0.2) is 0 Å². The molecular weight excluding hydrogens is 288 g/mol. The van der Waals surface area contributed by atoms with Crippen LogP contribution in [-0.2, 0) is 19.1 Å². The number of hydrogen-bond donors (Lipinski definition) is 2. The number of nitrogens with one attached hydrogen (secondary N) is 1. The lowest BCUT2D eigenvalue weighted by Crippen LogP contribution is -2.37. The van der Waals surface area contributed by atoms with Crippen molar-refractivity contribution in [3.63, 3.8) is 0 Å². The van der Waals surface area contributed by atoms with Gasteiger partial charge in [0.2, 0.25) is 12.3 Å². The van der Waals surface area contributed by atoms with Gasteiger partial charge >= 0.3 is 5.97 Å². The van der Waals surface area contributed by atoms with E-state index in [4.69, 9.17) is 9.84 Å². The normalized spacial score (nSPS) is 20.0. The summed E-state index contributed by atoms with van der Waals surface area (Å²) in [7, 11) is 1.64. The molecule has 0 aromatic rings. The third kappa shape index (κ3) is 7.40. The SMILES string of the molecule is CC.COCCCCCC(=O)NC1CC(C(=O)O)N(C=O)C1. The van der Waals surface area contributed by atoms with Crippen molar-refractivity contribution in [1.29, 1.82) is 0 Å². The molecule has 2 N–H and O–H groups in total. The number of aliphatic carboxylic acids is 1. The molecule has 22 heavy (non-hydrogen) atoms. The number of unbranched alkanes of at least 4 members (excludes halogenated alkanes) is 2. The number of nitrogens with zero attached hydrogens (tertiary/aromatic N) is 1. The summed E-state index contributed by atoms with van der Waals surface area (Å²) in [5.41, 5.74) is 0. The minimum absolute atomic E-state index is 0.0932. The van der Waals surface area contributed by atoms with Crippen molar-refractivity contribution in [2.24, 2.45) is 0 Å². The van der Waals surface area contributed by atoms with E-state index < -0.39 is 12.0 Å². The molecule has 1 aliphatic rings. The Morgan fingerprint density at radius 3 is 2.50 bits per heavy atom. The zero-order valence-electron chi connectivity index (χ0n) is 13.7. The zero-order valence-corrected chi connectivity index (χ0v) is 13.7. The highest BCUT2D eigenvalue weighted by molar-refractivity contribution is 5.79. The van der Waals surface area contributed by atoms with Gasteiger partial charge in [-0.25, -0.2) is 4.79 Å². The van der Waals surface area contributed by atoms with Crippen LogP contribution in [-0.4, -0.2) is 60.6 Å². The predicted molar refractivity (Wildman–Crippen MR) is 82.4 cm³/mol. The van der Waals surface area contributed by atoms with Crippen LogP contribution in [0.2, 0.25) is 0 Å². The zero-order chi connectivity index (χ0) is 17.0. The molecule has 0 saturated carbocycles. The van der Waals surface area contributed by atoms with E-state index in [2.05, 4.69) is 5.32 Å². The molecule has 7 heteroatoms. The minimum atomic E-state index is -1.03. The second-order valence-electron chi connectivity index (χ2n) is 4.96. The first-order valence-corrected chi connectivity index (χ1v) is 7.80. The fourth-order valence-corrected chi connectivity index (χ4v) is 2.33. The number of ether oxygens (including phenoxy) is 1. The standard InChI is InChI=1S/C13H22N2O5.C2H6/c1-20-6-4-2-3-5-12(17)14-10-7-11(13(18)19)15(8-10)9-16;1-2/h9-11H,2-8H2,1H3,(H,14,17)(H,18,19);1-2H3. The number of likely N-dealkylation sites (tertiary alicyclic amines) is 1. The first kappa shape index (κ1) is 20.4. The Kier molecular flexibility index (Phi) is 11.1. The van der Waals surface area contributed by atoms with Crippen molar-refractivity contribution in [1.82, 2.24) is 10.2 Å². The first-order valence-electron chi connectivity index (χ1n) is 7.80. The second kappa shape index (κ2) is 12.0. The Labute approximate surface area is 132 Å². The van der Waals surface area contributed by atoms with Crippen LogP contribution in [0.3, 0.4) is 0 Å². The maximum atomic E-state index is 11.7. The van der Waals surface area contributed by atoms with Gasteiger partial charge in [0.1, 0.15) is 6.04 Å². The Morgan fingerprint density at radius 2 is 2.00 bits per heavy atom. The number of carbonyl (C=O) groups is 3. The number of amides is 2. The van der Waals surface area contributed by atoms with Gasteiger partial charge in [-0.15, -0.1) is 0 Å². The lowest BCUT2D eigenvalue weighted by Gasteiger charge is -2.14. The number of rotatable bonds is 9. The minimum Gasteiger partial charge on any atom is -0.480 e. The molecular formula is C15H28N2O5. The first-order chi connectivity index (χ1) is 10.6. The molecule has 2 amide bonds. The lowest BCUT2D eigenvalue weighted by molar-refractivity contribution is -0.144. The Hall–Kier alpha value is -1.63. The van der Waals surface area contributed by atoms with Crippen LogP contribution in [0, 0.1) is 0 Å². The van der Waals surface area contributed by atoms with Crippen molar-refractivity contribution in [3.8, 4) is 0 Å². The van der Waals surface area contributed by atoms with Gasteiger partial charge in [-0.05, 0) is 12.8 Å². The molecule has 1 saturated heterocycles. The molecule has 1 fully saturated rings. The van der Waals surface area contributed by atoms with Crippen LogP contribution < -0.4 is 5.32 Å². The molecule has 0 aliphatic carbocycles. The topological polar surface area (TPSA) is 95.9 Å². The van der Waals surface area contributed by atoms with Gasteiger partial charge < -0.3 is 20.1 Å². The van der Waals surface area contributed by atoms with Crippen LogP contribution in [0.4, 0.5) is 0 Å². The molecule has 128 valence electrons. The van der Waals surface area contributed by atoms with E-state index in [-0.39, 0.29) is 24.9 Å². The molecule has 0 spiro atoms. The number of carboxylic acid groups (broad SMARTS) is 1. The van der Waals surface area contributed by atoms with Gasteiger partial charge in [-0.1, -0.05) is 20.3 Å². The summed E-state index contributed by atoms with van der Waals surface area (Å²) < 4.78 is 4.92. The van der Waals surface area contributed by atoms with Crippen LogP contribution in [0.5, 0.6) is 0 Å². The van der Waals surface area contributed by atoms with E-state index in [0.717, 1.165) is 19.3 Å². The van der Waals surface area contributed by atoms with Crippen molar-refractivity contribution in [2.45, 2.75) is 58.0 Å². The van der Waals surface area contributed by atoms with E-state index in [1.54, 1.807) is 7.11 Å².